The predicted octanol–water partition coefficient (Wildman–Crippen LogP) is 2.94. The van der Waals surface area contributed by atoms with E-state index in [-0.39, 0.29) is 0 Å². The fourth-order valence-electron chi connectivity index (χ4n) is 1.67. The lowest BCUT2D eigenvalue weighted by Crippen LogP contribution is -2.15. The average Bonchev–Trinajstić information content (AvgIpc) is 2.88. The van der Waals surface area contributed by atoms with Crippen molar-refractivity contribution < 1.29 is 4.74 Å². The number of rotatable bonds is 7. The van der Waals surface area contributed by atoms with Crippen LogP contribution in [0.2, 0.25) is 0 Å². The number of nitrogens with zero attached hydrogens (tertiary/aromatic N) is 1. The highest BCUT2D eigenvalue weighted by Gasteiger charge is 2.03. The number of methoxy groups -OCH3 is 1. The molecule has 0 saturated heterocycles. The Hall–Kier alpha value is -1.23. The summed E-state index contributed by atoms with van der Waals surface area (Å²) in [6.45, 7) is 2.61. The highest BCUT2D eigenvalue weighted by molar-refractivity contribution is 7.09. The van der Waals surface area contributed by atoms with Gasteiger partial charge in [0.05, 0.1) is 5.69 Å². The summed E-state index contributed by atoms with van der Waals surface area (Å²) < 4.78 is 5.00. The van der Waals surface area contributed by atoms with Gasteiger partial charge in [-0.3, -0.25) is 0 Å². The van der Waals surface area contributed by atoms with Gasteiger partial charge in [0.15, 0.2) is 0 Å². The highest BCUT2D eigenvalue weighted by atomic mass is 32.1. The molecule has 3 nitrogen and oxygen atoms in total. The molecule has 0 amide bonds. The van der Waals surface area contributed by atoms with Crippen LogP contribution in [0.1, 0.15) is 11.4 Å². The zero-order valence-electron chi connectivity index (χ0n) is 10.6. The Balaban J connectivity index is 1.83. The smallest absolute Gasteiger partial charge is 0.107 e. The van der Waals surface area contributed by atoms with Gasteiger partial charge in [-0.15, -0.1) is 11.3 Å². The van der Waals surface area contributed by atoms with Crippen LogP contribution in [-0.4, -0.2) is 25.2 Å². The van der Waals surface area contributed by atoms with Crippen LogP contribution in [0, 0.1) is 0 Å². The Labute approximate surface area is 112 Å². The molecule has 1 aromatic heterocycles. The lowest BCUT2D eigenvalue weighted by molar-refractivity contribution is 0.194. The largest absolute Gasteiger partial charge is 0.385 e. The fraction of sp³-hybridized carbons (Fsp3) is 0.357. The molecular formula is C14H18N2OS. The van der Waals surface area contributed by atoms with E-state index in [1.807, 2.05) is 18.2 Å². The van der Waals surface area contributed by atoms with E-state index in [0.717, 1.165) is 36.8 Å². The molecule has 1 aromatic carbocycles. The molecule has 0 spiro atoms. The molecule has 2 aromatic rings. The molecule has 0 radical (unpaired) electrons. The van der Waals surface area contributed by atoms with E-state index in [9.17, 15) is 0 Å². The van der Waals surface area contributed by atoms with Crippen molar-refractivity contribution in [1.29, 1.82) is 0 Å². The Bertz CT molecular complexity index is 456. The van der Waals surface area contributed by atoms with Gasteiger partial charge in [-0.25, -0.2) is 4.98 Å². The van der Waals surface area contributed by atoms with Crippen LogP contribution >= 0.6 is 11.3 Å². The highest BCUT2D eigenvalue weighted by Crippen LogP contribution is 2.21. The maximum Gasteiger partial charge on any atom is 0.107 e. The van der Waals surface area contributed by atoms with Crippen molar-refractivity contribution in [2.75, 3.05) is 20.3 Å². The molecule has 0 aliphatic carbocycles. The Morgan fingerprint density at radius 2 is 2.11 bits per heavy atom. The summed E-state index contributed by atoms with van der Waals surface area (Å²) >= 11 is 1.70. The minimum absolute atomic E-state index is 0.806. The summed E-state index contributed by atoms with van der Waals surface area (Å²) in [5, 5.41) is 6.61. The van der Waals surface area contributed by atoms with Gasteiger partial charge < -0.3 is 10.1 Å². The maximum absolute atomic E-state index is 5.00. The number of nitrogens with one attached hydrogen (secondary N) is 1. The third-order valence-electron chi connectivity index (χ3n) is 2.60. The first-order valence-corrected chi connectivity index (χ1v) is 6.97. The number of aromatic nitrogens is 1. The van der Waals surface area contributed by atoms with Crippen LogP contribution in [0.15, 0.2) is 35.7 Å². The molecule has 0 saturated carbocycles. The average molecular weight is 262 g/mol. The van der Waals surface area contributed by atoms with Gasteiger partial charge in [0.2, 0.25) is 0 Å². The SMILES string of the molecule is COCCCNCc1nc(-c2ccccc2)cs1. The molecule has 2 rings (SSSR count). The molecular weight excluding hydrogens is 244 g/mol. The van der Waals surface area contributed by atoms with Crippen LogP contribution < -0.4 is 5.32 Å². The number of ether oxygens (including phenoxy) is 1. The third kappa shape index (κ3) is 3.91. The van der Waals surface area contributed by atoms with E-state index in [1.54, 1.807) is 18.4 Å². The van der Waals surface area contributed by atoms with Gasteiger partial charge in [0.1, 0.15) is 5.01 Å². The van der Waals surface area contributed by atoms with Crippen molar-refractivity contribution in [2.45, 2.75) is 13.0 Å². The molecule has 1 heterocycles. The first kappa shape index (κ1) is 13.2. The lowest BCUT2D eigenvalue weighted by atomic mass is 10.2. The minimum Gasteiger partial charge on any atom is -0.385 e. The summed E-state index contributed by atoms with van der Waals surface area (Å²) in [6.07, 6.45) is 1.04. The van der Waals surface area contributed by atoms with E-state index < -0.39 is 0 Å². The monoisotopic (exact) mass is 262 g/mol. The molecule has 0 bridgehead atoms. The van der Waals surface area contributed by atoms with Crippen molar-refractivity contribution in [2.24, 2.45) is 0 Å². The van der Waals surface area contributed by atoms with E-state index in [1.165, 1.54) is 5.56 Å². The van der Waals surface area contributed by atoms with Gasteiger partial charge in [0, 0.05) is 31.2 Å². The maximum atomic E-state index is 5.00. The third-order valence-corrected chi connectivity index (χ3v) is 3.45. The first-order chi connectivity index (χ1) is 8.90. The lowest BCUT2D eigenvalue weighted by Gasteiger charge is -2.01. The summed E-state index contributed by atoms with van der Waals surface area (Å²) in [5.74, 6) is 0. The van der Waals surface area contributed by atoms with E-state index in [2.05, 4.69) is 27.8 Å². The second-order valence-corrected chi connectivity index (χ2v) is 4.96. The zero-order chi connectivity index (χ0) is 12.6. The van der Waals surface area contributed by atoms with Crippen LogP contribution in [0.4, 0.5) is 0 Å². The number of hydrogen-bond acceptors (Lipinski definition) is 4. The quantitative estimate of drug-likeness (QED) is 0.779. The second-order valence-electron chi connectivity index (χ2n) is 4.02. The molecule has 0 atom stereocenters. The molecule has 18 heavy (non-hydrogen) atoms. The number of hydrogen-bond donors (Lipinski definition) is 1. The number of thiazole rings is 1. The fourth-order valence-corrected chi connectivity index (χ4v) is 2.44. The van der Waals surface area contributed by atoms with Gasteiger partial charge in [0.25, 0.3) is 0 Å². The number of benzene rings is 1. The molecule has 4 heteroatoms. The zero-order valence-corrected chi connectivity index (χ0v) is 11.4. The molecule has 0 aliphatic heterocycles. The molecule has 0 unspecified atom stereocenters. The Kier molecular flexibility index (Phi) is 5.33. The van der Waals surface area contributed by atoms with Crippen LogP contribution in [-0.2, 0) is 11.3 Å². The normalized spacial score (nSPS) is 10.7. The summed E-state index contributed by atoms with van der Waals surface area (Å²) in [5.41, 5.74) is 2.24. The van der Waals surface area contributed by atoms with Crippen LogP contribution in [0.3, 0.4) is 0 Å². The van der Waals surface area contributed by atoms with Crippen molar-refractivity contribution in [3.05, 3.63) is 40.7 Å². The Morgan fingerprint density at radius 3 is 2.89 bits per heavy atom. The summed E-state index contributed by atoms with van der Waals surface area (Å²) in [4.78, 5) is 4.62. The van der Waals surface area contributed by atoms with Gasteiger partial charge in [-0.1, -0.05) is 30.3 Å². The molecule has 96 valence electrons. The summed E-state index contributed by atoms with van der Waals surface area (Å²) in [6, 6.07) is 10.3. The standard InChI is InChI=1S/C14H18N2OS/c1-17-9-5-8-15-10-14-16-13(11-18-14)12-6-3-2-4-7-12/h2-4,6-7,11,15H,5,8-10H2,1H3. The van der Waals surface area contributed by atoms with Gasteiger partial charge in [-0.2, -0.15) is 0 Å². The van der Waals surface area contributed by atoms with Crippen molar-refractivity contribution in [3.63, 3.8) is 0 Å². The predicted molar refractivity (Wildman–Crippen MR) is 75.7 cm³/mol. The van der Waals surface area contributed by atoms with E-state index in [0.29, 0.717) is 0 Å². The summed E-state index contributed by atoms with van der Waals surface area (Å²) in [7, 11) is 1.73. The topological polar surface area (TPSA) is 34.1 Å². The molecule has 1 N–H and O–H groups in total. The van der Waals surface area contributed by atoms with E-state index >= 15 is 0 Å². The minimum atomic E-state index is 0.806. The van der Waals surface area contributed by atoms with Crippen LogP contribution in [0.25, 0.3) is 11.3 Å². The Morgan fingerprint density at radius 1 is 1.28 bits per heavy atom. The molecule has 0 fully saturated rings. The van der Waals surface area contributed by atoms with Crippen molar-refractivity contribution in [1.82, 2.24) is 10.3 Å². The van der Waals surface area contributed by atoms with Crippen LogP contribution in [0.5, 0.6) is 0 Å². The first-order valence-electron chi connectivity index (χ1n) is 6.09. The van der Waals surface area contributed by atoms with Gasteiger partial charge in [-0.05, 0) is 13.0 Å². The van der Waals surface area contributed by atoms with Crippen molar-refractivity contribution >= 4 is 11.3 Å². The van der Waals surface area contributed by atoms with Gasteiger partial charge >= 0.3 is 0 Å². The molecule has 0 aliphatic rings. The van der Waals surface area contributed by atoms with Crippen molar-refractivity contribution in [3.8, 4) is 11.3 Å². The second kappa shape index (κ2) is 7.26. The van der Waals surface area contributed by atoms with E-state index in [4.69, 9.17) is 4.74 Å².